The first kappa shape index (κ1) is 41.8. The van der Waals surface area contributed by atoms with E-state index in [9.17, 15) is 0 Å². The Morgan fingerprint density at radius 3 is 1.94 bits per heavy atom. The van der Waals surface area contributed by atoms with Crippen molar-refractivity contribution in [2.24, 2.45) is 21.1 Å². The number of nitrogens with zero attached hydrogens (tertiary/aromatic N) is 3. The van der Waals surface area contributed by atoms with Gasteiger partial charge in [0.05, 0.1) is 17.4 Å². The molecular formula is C60H56N3O2+3. The van der Waals surface area contributed by atoms with Gasteiger partial charge in [-0.2, -0.15) is 4.57 Å². The lowest BCUT2D eigenvalue weighted by atomic mass is 9.73. The maximum absolute atomic E-state index is 7.20. The smallest absolute Gasteiger partial charge is 0.218 e. The van der Waals surface area contributed by atoms with Crippen molar-refractivity contribution >= 4 is 32.7 Å². The Kier molecular flexibility index (Phi) is 10.8. The average molecular weight is 851 g/mol. The molecule has 0 radical (unpaired) electrons. The normalized spacial score (nSPS) is 13.6. The molecule has 10 rings (SSSR count). The minimum Gasteiger partial charge on any atom is -0.454 e. The van der Waals surface area contributed by atoms with Gasteiger partial charge in [0.1, 0.15) is 32.3 Å². The molecule has 65 heavy (non-hydrogen) atoms. The fraction of sp³-hybridized carbons (Fsp3) is 0.183. The van der Waals surface area contributed by atoms with E-state index in [-0.39, 0.29) is 5.41 Å². The summed E-state index contributed by atoms with van der Waals surface area (Å²) in [6.45, 7) is 6.90. The van der Waals surface area contributed by atoms with Crippen LogP contribution in [-0.2, 0) is 49.7 Å². The largest absolute Gasteiger partial charge is 0.454 e. The Hall–Kier alpha value is -7.21. The minimum absolute atomic E-state index is 0.332. The molecule has 4 heterocycles. The number of aryl methyl sites for hydroxylation is 3. The summed E-state index contributed by atoms with van der Waals surface area (Å²) in [5, 5.41) is 4.46. The lowest BCUT2D eigenvalue weighted by molar-refractivity contribution is -0.685. The van der Waals surface area contributed by atoms with Crippen LogP contribution in [0.25, 0.3) is 55.1 Å². The van der Waals surface area contributed by atoms with Crippen molar-refractivity contribution in [1.82, 2.24) is 0 Å². The first-order valence-corrected chi connectivity index (χ1v) is 22.6. The molecule has 0 aliphatic rings. The zero-order valence-electron chi connectivity index (χ0n) is 38.5. The van der Waals surface area contributed by atoms with Crippen molar-refractivity contribution in [3.8, 4) is 22.4 Å². The van der Waals surface area contributed by atoms with Gasteiger partial charge in [0, 0.05) is 66.1 Å². The molecule has 10 aromatic rings. The van der Waals surface area contributed by atoms with E-state index in [1.165, 1.54) is 39.2 Å². The van der Waals surface area contributed by atoms with Crippen molar-refractivity contribution < 1.29 is 22.9 Å². The third-order valence-corrected chi connectivity index (χ3v) is 14.2. The molecule has 2 unspecified atom stereocenters. The molecule has 0 fully saturated rings. The second-order valence-electron chi connectivity index (χ2n) is 18.0. The van der Waals surface area contributed by atoms with Gasteiger partial charge in [-0.25, -0.2) is 9.13 Å². The summed E-state index contributed by atoms with van der Waals surface area (Å²) in [6, 6.07) is 63.4. The molecule has 0 aliphatic carbocycles. The molecule has 0 saturated carbocycles. The topological polar surface area (TPSA) is 34.0 Å². The zero-order chi connectivity index (χ0) is 44.9. The van der Waals surface area contributed by atoms with Gasteiger partial charge in [-0.15, -0.1) is 0 Å². The summed E-state index contributed by atoms with van der Waals surface area (Å²) < 4.78 is 21.0. The highest BCUT2D eigenvalue weighted by Gasteiger charge is 2.43. The highest BCUT2D eigenvalue weighted by atomic mass is 16.5. The molecule has 0 saturated heterocycles. The Labute approximate surface area is 382 Å². The summed E-state index contributed by atoms with van der Waals surface area (Å²) in [7, 11) is 8.35. The third kappa shape index (κ3) is 7.12. The van der Waals surface area contributed by atoms with E-state index in [0.29, 0.717) is 6.42 Å². The van der Waals surface area contributed by atoms with Gasteiger partial charge < -0.3 is 9.15 Å². The molecule has 5 nitrogen and oxygen atoms in total. The Morgan fingerprint density at radius 1 is 0.554 bits per heavy atom. The lowest BCUT2D eigenvalue weighted by Gasteiger charge is -2.32. The molecule has 4 aromatic heterocycles. The standard InChI is InChI=1S/C60H56N3O2/c1-41-20-11-14-26-52(41)59(3,54-28-15-17-36-61(54)4)40-48-24-19-27-53(63(48)6)56-42(2)46(38-51-50-35-32-45-23-12-13-25-49(45)57(50)65-58(51)56)39-60(64-7,55-29-16-18-37-62(55)5)47-33-30-44(31-34-47)43-21-9-8-10-22-43/h8-38H,39-40H2,1-7H3/q+3. The predicted octanol–water partition coefficient (Wildman–Crippen LogP) is 11.8. The summed E-state index contributed by atoms with van der Waals surface area (Å²) in [5.41, 5.74) is 14.7. The molecule has 320 valence electrons. The van der Waals surface area contributed by atoms with Gasteiger partial charge in [0.2, 0.25) is 11.4 Å². The van der Waals surface area contributed by atoms with Crippen LogP contribution in [0.3, 0.4) is 0 Å². The number of methoxy groups -OCH3 is 1. The number of ether oxygens (including phenoxy) is 1. The SMILES string of the molecule is COC(Cc1cc2c(oc3c4ccccc4ccc23)c(-c2cccc(CC(C)(c3ccccc3C)c3cccc[n+]3C)[n+]2C)c1C)(c1ccc(-c2ccccc2)cc1)c1cccc[n+]1C. The van der Waals surface area contributed by atoms with Crippen LogP contribution >= 0.6 is 0 Å². The molecule has 0 aliphatic heterocycles. The fourth-order valence-corrected chi connectivity index (χ4v) is 10.7. The second kappa shape index (κ2) is 16.7. The summed E-state index contributed by atoms with van der Waals surface area (Å²) in [6.07, 6.45) is 5.64. The van der Waals surface area contributed by atoms with E-state index < -0.39 is 5.60 Å². The van der Waals surface area contributed by atoms with E-state index in [1.807, 2.05) is 7.11 Å². The Morgan fingerprint density at radius 2 is 1.22 bits per heavy atom. The molecule has 5 heteroatoms. The van der Waals surface area contributed by atoms with Crippen LogP contribution in [0.15, 0.2) is 193 Å². The molecule has 6 aromatic carbocycles. The number of furan rings is 1. The molecule has 0 spiro atoms. The van der Waals surface area contributed by atoms with Gasteiger partial charge in [0.15, 0.2) is 29.4 Å². The van der Waals surface area contributed by atoms with Crippen LogP contribution in [0.1, 0.15) is 51.8 Å². The number of hydrogen-bond acceptors (Lipinski definition) is 2. The molecular weight excluding hydrogens is 795 g/mol. The fourth-order valence-electron chi connectivity index (χ4n) is 10.7. The predicted molar refractivity (Wildman–Crippen MR) is 263 cm³/mol. The first-order chi connectivity index (χ1) is 31.6. The van der Waals surface area contributed by atoms with Gasteiger partial charge in [-0.05, 0) is 89.4 Å². The number of hydrogen-bond donors (Lipinski definition) is 0. The molecule has 2 atom stereocenters. The van der Waals surface area contributed by atoms with Crippen LogP contribution in [0, 0.1) is 13.8 Å². The van der Waals surface area contributed by atoms with Crippen molar-refractivity contribution in [3.05, 3.63) is 233 Å². The lowest BCUT2D eigenvalue weighted by Crippen LogP contribution is -2.46. The monoisotopic (exact) mass is 850 g/mol. The summed E-state index contributed by atoms with van der Waals surface area (Å²) in [5.74, 6) is 0. The van der Waals surface area contributed by atoms with Gasteiger partial charge in [-0.1, -0.05) is 115 Å². The number of rotatable bonds is 11. The van der Waals surface area contributed by atoms with Crippen LogP contribution in [-0.4, -0.2) is 7.11 Å². The van der Waals surface area contributed by atoms with Crippen LogP contribution in [0.2, 0.25) is 0 Å². The first-order valence-electron chi connectivity index (χ1n) is 22.6. The van der Waals surface area contributed by atoms with E-state index in [4.69, 9.17) is 9.15 Å². The summed E-state index contributed by atoms with van der Waals surface area (Å²) >= 11 is 0. The van der Waals surface area contributed by atoms with Crippen molar-refractivity contribution in [2.45, 2.75) is 44.6 Å². The van der Waals surface area contributed by atoms with Crippen LogP contribution < -0.4 is 13.7 Å². The zero-order valence-corrected chi connectivity index (χ0v) is 38.5. The number of pyridine rings is 3. The Bertz CT molecular complexity index is 3340. The van der Waals surface area contributed by atoms with Gasteiger partial charge >= 0.3 is 0 Å². The number of fused-ring (bicyclic) bond motifs is 5. The van der Waals surface area contributed by atoms with Crippen molar-refractivity contribution in [1.29, 1.82) is 0 Å². The van der Waals surface area contributed by atoms with E-state index in [0.717, 1.165) is 67.2 Å². The highest BCUT2D eigenvalue weighted by Crippen LogP contribution is 2.45. The second-order valence-corrected chi connectivity index (χ2v) is 18.0. The van der Waals surface area contributed by atoms with Gasteiger partial charge in [-0.3, -0.25) is 0 Å². The average Bonchev–Trinajstić information content (AvgIpc) is 3.71. The number of benzene rings is 6. The van der Waals surface area contributed by atoms with E-state index >= 15 is 0 Å². The molecule has 0 amide bonds. The van der Waals surface area contributed by atoms with Crippen LogP contribution in [0.4, 0.5) is 0 Å². The minimum atomic E-state index is -0.836. The van der Waals surface area contributed by atoms with E-state index in [1.54, 1.807) is 0 Å². The van der Waals surface area contributed by atoms with Crippen molar-refractivity contribution in [3.63, 3.8) is 0 Å². The van der Waals surface area contributed by atoms with Crippen LogP contribution in [0.5, 0.6) is 0 Å². The third-order valence-electron chi connectivity index (χ3n) is 14.2. The maximum Gasteiger partial charge on any atom is 0.218 e. The molecule has 0 bridgehead atoms. The Balaban J connectivity index is 1.20. The quantitative estimate of drug-likeness (QED) is 0.122. The van der Waals surface area contributed by atoms with E-state index in [2.05, 4.69) is 244 Å². The number of aromatic nitrogens is 3. The van der Waals surface area contributed by atoms with Gasteiger partial charge in [0.25, 0.3) is 0 Å². The van der Waals surface area contributed by atoms with Crippen molar-refractivity contribution in [2.75, 3.05) is 7.11 Å². The highest BCUT2D eigenvalue weighted by molar-refractivity contribution is 6.17. The molecule has 0 N–H and O–H groups in total. The summed E-state index contributed by atoms with van der Waals surface area (Å²) in [4.78, 5) is 0. The maximum atomic E-state index is 7.20.